The van der Waals surface area contributed by atoms with Crippen molar-refractivity contribution >= 4 is 10.0 Å². The van der Waals surface area contributed by atoms with Crippen LogP contribution in [0.1, 0.15) is 33.0 Å². The summed E-state index contributed by atoms with van der Waals surface area (Å²) in [4.78, 5) is 4.12. The van der Waals surface area contributed by atoms with E-state index in [2.05, 4.69) is 9.71 Å². The first-order valence-electron chi connectivity index (χ1n) is 6.58. The molecule has 1 atom stereocenters. The van der Waals surface area contributed by atoms with Crippen LogP contribution in [-0.2, 0) is 16.6 Å². The second kappa shape index (κ2) is 6.49. The molecule has 0 saturated carbocycles. The molecule has 1 unspecified atom stereocenters. The summed E-state index contributed by atoms with van der Waals surface area (Å²) in [6.45, 7) is 8.74. The predicted octanol–water partition coefficient (Wildman–Crippen LogP) is 0.863. The van der Waals surface area contributed by atoms with Gasteiger partial charge in [0, 0.05) is 25.3 Å². The van der Waals surface area contributed by atoms with Gasteiger partial charge in [0.05, 0.1) is 0 Å². The van der Waals surface area contributed by atoms with Crippen LogP contribution >= 0.6 is 0 Å². The normalized spacial score (nSPS) is 14.0. The van der Waals surface area contributed by atoms with Crippen molar-refractivity contribution in [3.8, 4) is 0 Å². The molecule has 0 saturated heterocycles. The van der Waals surface area contributed by atoms with Crippen molar-refractivity contribution in [2.24, 2.45) is 11.7 Å². The van der Waals surface area contributed by atoms with E-state index < -0.39 is 10.0 Å². The Hall–Kier alpha value is -0.920. The first-order chi connectivity index (χ1) is 8.81. The molecule has 0 aromatic carbocycles. The average molecular weight is 288 g/mol. The molecule has 0 aliphatic heterocycles. The summed E-state index contributed by atoms with van der Waals surface area (Å²) >= 11 is 0. The third-order valence-electron chi connectivity index (χ3n) is 3.06. The van der Waals surface area contributed by atoms with Crippen molar-refractivity contribution in [2.45, 2.75) is 51.7 Å². The van der Waals surface area contributed by atoms with E-state index in [1.807, 2.05) is 25.3 Å². The Labute approximate surface area is 115 Å². The molecule has 0 aliphatic carbocycles. The zero-order valence-electron chi connectivity index (χ0n) is 12.0. The maximum atomic E-state index is 12.2. The molecule has 3 N–H and O–H groups in total. The number of sulfonamides is 1. The average Bonchev–Trinajstić information content (AvgIpc) is 2.69. The number of nitrogens with zero attached hydrogens (tertiary/aromatic N) is 2. The second-order valence-electron chi connectivity index (χ2n) is 5.03. The van der Waals surface area contributed by atoms with E-state index in [9.17, 15) is 8.42 Å². The zero-order valence-corrected chi connectivity index (χ0v) is 12.9. The number of hydrogen-bond donors (Lipinski definition) is 2. The van der Waals surface area contributed by atoms with Crippen LogP contribution in [0.2, 0.25) is 0 Å². The lowest BCUT2D eigenvalue weighted by molar-refractivity contribution is 0.454. The molecular weight excluding hydrogens is 264 g/mol. The molecule has 0 fully saturated rings. The largest absolute Gasteiger partial charge is 0.334 e. The van der Waals surface area contributed by atoms with Crippen LogP contribution in [0.4, 0.5) is 0 Å². The zero-order chi connectivity index (χ0) is 14.6. The van der Waals surface area contributed by atoms with Gasteiger partial charge in [0.15, 0.2) is 5.03 Å². The van der Waals surface area contributed by atoms with Gasteiger partial charge in [0.2, 0.25) is 0 Å². The highest BCUT2D eigenvalue weighted by atomic mass is 32.2. The molecule has 0 bridgehead atoms. The molecule has 7 heteroatoms. The number of nitrogens with one attached hydrogen (secondary N) is 1. The van der Waals surface area contributed by atoms with Gasteiger partial charge < -0.3 is 10.3 Å². The van der Waals surface area contributed by atoms with Crippen LogP contribution in [0.25, 0.3) is 0 Å². The molecule has 0 spiro atoms. The van der Waals surface area contributed by atoms with Crippen LogP contribution in [0.3, 0.4) is 0 Å². The van der Waals surface area contributed by atoms with Crippen LogP contribution in [-0.4, -0.2) is 30.6 Å². The number of imidazole rings is 1. The molecule has 1 aromatic rings. The van der Waals surface area contributed by atoms with Crippen molar-refractivity contribution in [3.05, 3.63) is 12.0 Å². The summed E-state index contributed by atoms with van der Waals surface area (Å²) in [7, 11) is -3.60. The third kappa shape index (κ3) is 4.02. The summed E-state index contributed by atoms with van der Waals surface area (Å²) in [5, 5.41) is 0.0672. The van der Waals surface area contributed by atoms with Gasteiger partial charge in [-0.15, -0.1) is 0 Å². The van der Waals surface area contributed by atoms with Crippen molar-refractivity contribution < 1.29 is 8.42 Å². The third-order valence-corrected chi connectivity index (χ3v) is 4.42. The molecular formula is C12H24N4O2S. The summed E-state index contributed by atoms with van der Waals surface area (Å²) in [6.07, 6.45) is 2.51. The van der Waals surface area contributed by atoms with Gasteiger partial charge in [-0.25, -0.2) is 18.1 Å². The van der Waals surface area contributed by atoms with E-state index in [1.54, 1.807) is 13.1 Å². The number of aryl methyl sites for hydroxylation is 2. The van der Waals surface area contributed by atoms with Gasteiger partial charge in [-0.3, -0.25) is 0 Å². The molecule has 6 nitrogen and oxygen atoms in total. The molecule has 19 heavy (non-hydrogen) atoms. The monoisotopic (exact) mass is 288 g/mol. The molecule has 1 rings (SSSR count). The first-order valence-corrected chi connectivity index (χ1v) is 8.06. The Morgan fingerprint density at radius 2 is 2.11 bits per heavy atom. The summed E-state index contributed by atoms with van der Waals surface area (Å²) in [6, 6.07) is -0.276. The fourth-order valence-electron chi connectivity index (χ4n) is 1.79. The Kier molecular flexibility index (Phi) is 5.51. The lowest BCUT2D eigenvalue weighted by Gasteiger charge is -2.19. The maximum Gasteiger partial charge on any atom is 0.259 e. The fourth-order valence-corrected chi connectivity index (χ4v) is 3.20. The molecule has 0 amide bonds. The van der Waals surface area contributed by atoms with E-state index in [0.717, 1.165) is 13.0 Å². The van der Waals surface area contributed by atoms with Crippen molar-refractivity contribution in [2.75, 3.05) is 6.54 Å². The lowest BCUT2D eigenvalue weighted by atomic mass is 10.1. The summed E-state index contributed by atoms with van der Waals surface area (Å²) < 4.78 is 28.9. The van der Waals surface area contributed by atoms with E-state index >= 15 is 0 Å². The van der Waals surface area contributed by atoms with Crippen molar-refractivity contribution in [3.63, 3.8) is 0 Å². The molecule has 0 radical (unpaired) electrons. The Bertz CT molecular complexity index is 508. The van der Waals surface area contributed by atoms with E-state index in [0.29, 0.717) is 5.82 Å². The van der Waals surface area contributed by atoms with Gasteiger partial charge in [-0.05, 0) is 19.3 Å². The number of aromatic nitrogens is 2. The van der Waals surface area contributed by atoms with E-state index in [1.165, 1.54) is 0 Å². The minimum atomic E-state index is -3.60. The minimum absolute atomic E-state index is 0.0672. The van der Waals surface area contributed by atoms with Gasteiger partial charge >= 0.3 is 0 Å². The number of rotatable bonds is 7. The molecule has 110 valence electrons. The van der Waals surface area contributed by atoms with Gasteiger partial charge in [0.25, 0.3) is 10.0 Å². The predicted molar refractivity (Wildman–Crippen MR) is 75.3 cm³/mol. The van der Waals surface area contributed by atoms with Crippen LogP contribution < -0.4 is 10.5 Å². The van der Waals surface area contributed by atoms with E-state index in [-0.39, 0.29) is 23.5 Å². The number of hydrogen-bond acceptors (Lipinski definition) is 4. The molecule has 1 aromatic heterocycles. The van der Waals surface area contributed by atoms with Crippen LogP contribution in [0.5, 0.6) is 0 Å². The number of nitrogens with two attached hydrogens (primary N) is 1. The Morgan fingerprint density at radius 3 is 2.58 bits per heavy atom. The molecule has 1 heterocycles. The van der Waals surface area contributed by atoms with Gasteiger partial charge in [-0.2, -0.15) is 0 Å². The quantitative estimate of drug-likeness (QED) is 0.778. The highest BCUT2D eigenvalue weighted by Crippen LogP contribution is 2.12. The standard InChI is InChI=1S/C12H24N4O2S/c1-5-6-16-8-12(14-10(16)4)19(17,18)15-11(7-13)9(2)3/h8-9,11,15H,5-7,13H2,1-4H3. The maximum absolute atomic E-state index is 12.2. The smallest absolute Gasteiger partial charge is 0.259 e. The Morgan fingerprint density at radius 1 is 1.47 bits per heavy atom. The lowest BCUT2D eigenvalue weighted by Crippen LogP contribution is -2.43. The molecule has 0 aliphatic rings. The van der Waals surface area contributed by atoms with Gasteiger partial charge in [0.1, 0.15) is 5.82 Å². The Balaban J connectivity index is 2.97. The van der Waals surface area contributed by atoms with Crippen LogP contribution in [0.15, 0.2) is 11.2 Å². The second-order valence-corrected chi connectivity index (χ2v) is 6.69. The van der Waals surface area contributed by atoms with Gasteiger partial charge in [-0.1, -0.05) is 20.8 Å². The van der Waals surface area contributed by atoms with Crippen LogP contribution in [0, 0.1) is 12.8 Å². The van der Waals surface area contributed by atoms with Crippen molar-refractivity contribution in [1.29, 1.82) is 0 Å². The highest BCUT2D eigenvalue weighted by molar-refractivity contribution is 7.89. The van der Waals surface area contributed by atoms with E-state index in [4.69, 9.17) is 5.73 Å². The first kappa shape index (κ1) is 16.1. The SMILES string of the molecule is CCCn1cc(S(=O)(=O)NC(CN)C(C)C)nc1C. The highest BCUT2D eigenvalue weighted by Gasteiger charge is 2.24. The minimum Gasteiger partial charge on any atom is -0.334 e. The van der Waals surface area contributed by atoms with Crippen molar-refractivity contribution in [1.82, 2.24) is 14.3 Å². The topological polar surface area (TPSA) is 90.0 Å². The summed E-state index contributed by atoms with van der Waals surface area (Å²) in [5.41, 5.74) is 5.59. The summed E-state index contributed by atoms with van der Waals surface area (Å²) in [5.74, 6) is 0.842. The fraction of sp³-hybridized carbons (Fsp3) is 0.750.